The minimum atomic E-state index is 0.488. The van der Waals surface area contributed by atoms with Crippen LogP contribution in [-0.4, -0.2) is 10.7 Å². The van der Waals surface area contributed by atoms with Crippen molar-refractivity contribution >= 4 is 31.9 Å². The molecule has 0 aliphatic rings. The normalized spacial score (nSPS) is 12.9. The molecule has 20 heavy (non-hydrogen) atoms. The topological polar surface area (TPSA) is 0 Å². The second kappa shape index (κ2) is 11.5. The van der Waals surface area contributed by atoms with Gasteiger partial charge in [0.2, 0.25) is 0 Å². The van der Waals surface area contributed by atoms with Crippen LogP contribution in [0.15, 0.2) is 0 Å². The highest BCUT2D eigenvalue weighted by Gasteiger charge is 2.15. The number of unbranched alkanes of at least 4 members (excludes halogenated alkanes) is 7. The van der Waals surface area contributed by atoms with E-state index in [2.05, 4.69) is 59.6 Å². The Morgan fingerprint density at radius 3 is 1.00 bits per heavy atom. The Morgan fingerprint density at radius 1 is 0.500 bits per heavy atom. The van der Waals surface area contributed by atoms with Crippen molar-refractivity contribution in [3.05, 3.63) is 0 Å². The lowest BCUT2D eigenvalue weighted by molar-refractivity contribution is 0.362. The molecule has 0 rings (SSSR count). The predicted octanol–water partition coefficient (Wildman–Crippen LogP) is 7.73. The summed E-state index contributed by atoms with van der Waals surface area (Å²) < 4.78 is 0. The van der Waals surface area contributed by atoms with Crippen molar-refractivity contribution in [2.45, 2.75) is 91.9 Å². The molecular weight excluding hydrogens is 376 g/mol. The Hall–Kier alpha value is 0.960. The van der Waals surface area contributed by atoms with Crippen molar-refractivity contribution in [2.75, 3.05) is 10.7 Å². The molecule has 0 heterocycles. The Labute approximate surface area is 145 Å². The van der Waals surface area contributed by atoms with Gasteiger partial charge in [-0.05, 0) is 23.7 Å². The summed E-state index contributed by atoms with van der Waals surface area (Å²) in [5, 5.41) is 2.26. The standard InChI is InChI=1S/C18H36Br2/c1-17(2,15-19)13-11-9-7-5-6-8-10-12-14-18(3,4)16-20/h5-16H2,1-4H3. The van der Waals surface area contributed by atoms with Gasteiger partial charge >= 0.3 is 0 Å². The minimum absolute atomic E-state index is 0.488. The molecule has 0 aromatic heterocycles. The van der Waals surface area contributed by atoms with Gasteiger partial charge in [-0.25, -0.2) is 0 Å². The number of rotatable bonds is 13. The van der Waals surface area contributed by atoms with Crippen LogP contribution in [0.25, 0.3) is 0 Å². The van der Waals surface area contributed by atoms with Crippen LogP contribution < -0.4 is 0 Å². The summed E-state index contributed by atoms with van der Waals surface area (Å²) in [6, 6.07) is 0. The van der Waals surface area contributed by atoms with Gasteiger partial charge in [-0.2, -0.15) is 0 Å². The van der Waals surface area contributed by atoms with Crippen LogP contribution in [0.5, 0.6) is 0 Å². The molecule has 122 valence electrons. The molecule has 0 saturated heterocycles. The molecular formula is C18H36Br2. The van der Waals surface area contributed by atoms with E-state index in [1.807, 2.05) is 0 Å². The first-order valence-corrected chi connectivity index (χ1v) is 10.7. The first-order chi connectivity index (χ1) is 9.33. The maximum atomic E-state index is 3.61. The third-order valence-corrected chi connectivity index (χ3v) is 7.22. The summed E-state index contributed by atoms with van der Waals surface area (Å²) in [5.74, 6) is 0. The third-order valence-electron chi connectivity index (χ3n) is 4.18. The molecule has 0 aromatic rings. The number of alkyl halides is 2. The zero-order valence-corrected chi connectivity index (χ0v) is 17.4. The summed E-state index contributed by atoms with van der Waals surface area (Å²) in [7, 11) is 0. The fraction of sp³-hybridized carbons (Fsp3) is 1.00. The van der Waals surface area contributed by atoms with Crippen molar-refractivity contribution in [3.63, 3.8) is 0 Å². The third kappa shape index (κ3) is 12.7. The van der Waals surface area contributed by atoms with Gasteiger partial charge in [0.1, 0.15) is 0 Å². The van der Waals surface area contributed by atoms with Gasteiger partial charge in [-0.1, -0.05) is 111 Å². The highest BCUT2D eigenvalue weighted by atomic mass is 79.9. The van der Waals surface area contributed by atoms with Gasteiger partial charge in [-0.15, -0.1) is 0 Å². The molecule has 2 heteroatoms. The summed E-state index contributed by atoms with van der Waals surface area (Å²) in [6.45, 7) is 9.43. The zero-order chi connectivity index (χ0) is 15.5. The fourth-order valence-electron chi connectivity index (χ4n) is 2.40. The summed E-state index contributed by atoms with van der Waals surface area (Å²) >= 11 is 7.21. The van der Waals surface area contributed by atoms with Crippen molar-refractivity contribution < 1.29 is 0 Å². The molecule has 0 spiro atoms. The van der Waals surface area contributed by atoms with Crippen LogP contribution in [0.4, 0.5) is 0 Å². The Kier molecular flexibility index (Phi) is 12.1. The second-order valence-electron chi connectivity index (χ2n) is 7.92. The predicted molar refractivity (Wildman–Crippen MR) is 101 cm³/mol. The van der Waals surface area contributed by atoms with Gasteiger partial charge in [-0.3, -0.25) is 0 Å². The molecule has 0 aliphatic heterocycles. The Bertz CT molecular complexity index is 197. The number of halogens is 2. The number of hydrogen-bond donors (Lipinski definition) is 0. The first-order valence-electron chi connectivity index (χ1n) is 8.45. The second-order valence-corrected chi connectivity index (χ2v) is 9.05. The van der Waals surface area contributed by atoms with Gasteiger partial charge in [0.15, 0.2) is 0 Å². The molecule has 0 saturated carbocycles. The van der Waals surface area contributed by atoms with E-state index in [9.17, 15) is 0 Å². The van der Waals surface area contributed by atoms with E-state index in [4.69, 9.17) is 0 Å². The van der Waals surface area contributed by atoms with E-state index >= 15 is 0 Å². The van der Waals surface area contributed by atoms with Crippen LogP contribution in [-0.2, 0) is 0 Å². The lowest BCUT2D eigenvalue weighted by Gasteiger charge is -2.21. The van der Waals surface area contributed by atoms with Crippen LogP contribution in [0.3, 0.4) is 0 Å². The first kappa shape index (κ1) is 21.0. The summed E-state index contributed by atoms with van der Waals surface area (Å²) in [5.41, 5.74) is 0.977. The molecule has 0 amide bonds. The van der Waals surface area contributed by atoms with E-state index in [0.717, 1.165) is 10.7 Å². The van der Waals surface area contributed by atoms with Crippen molar-refractivity contribution in [2.24, 2.45) is 10.8 Å². The maximum Gasteiger partial charge on any atom is 0.00826 e. The smallest absolute Gasteiger partial charge is 0.00826 e. The van der Waals surface area contributed by atoms with Crippen LogP contribution >= 0.6 is 31.9 Å². The molecule has 0 fully saturated rings. The lowest BCUT2D eigenvalue weighted by Crippen LogP contribution is -2.12. The van der Waals surface area contributed by atoms with Gasteiger partial charge < -0.3 is 0 Å². The van der Waals surface area contributed by atoms with Crippen molar-refractivity contribution in [1.82, 2.24) is 0 Å². The van der Waals surface area contributed by atoms with Crippen LogP contribution in [0.2, 0.25) is 0 Å². The van der Waals surface area contributed by atoms with E-state index in [0.29, 0.717) is 10.8 Å². The SMILES string of the molecule is CC(C)(CBr)CCCCCCCCCCC(C)(C)CBr. The average molecular weight is 412 g/mol. The van der Waals surface area contributed by atoms with E-state index in [-0.39, 0.29) is 0 Å². The molecule has 0 N–H and O–H groups in total. The van der Waals surface area contributed by atoms with Gasteiger partial charge in [0.05, 0.1) is 0 Å². The largest absolute Gasteiger partial charge is 0.0922 e. The Balaban J connectivity index is 3.26. The van der Waals surface area contributed by atoms with Gasteiger partial charge in [0, 0.05) is 10.7 Å². The van der Waals surface area contributed by atoms with Crippen molar-refractivity contribution in [1.29, 1.82) is 0 Å². The molecule has 0 radical (unpaired) electrons. The van der Waals surface area contributed by atoms with E-state index in [1.165, 1.54) is 64.2 Å². The summed E-state index contributed by atoms with van der Waals surface area (Å²) in [6.07, 6.45) is 14.1. The van der Waals surface area contributed by atoms with Gasteiger partial charge in [0.25, 0.3) is 0 Å². The highest BCUT2D eigenvalue weighted by molar-refractivity contribution is 9.09. The molecule has 0 bridgehead atoms. The van der Waals surface area contributed by atoms with Crippen LogP contribution in [0.1, 0.15) is 91.9 Å². The highest BCUT2D eigenvalue weighted by Crippen LogP contribution is 2.27. The fourth-order valence-corrected chi connectivity index (χ4v) is 2.96. The minimum Gasteiger partial charge on any atom is -0.0922 e. The summed E-state index contributed by atoms with van der Waals surface area (Å²) in [4.78, 5) is 0. The van der Waals surface area contributed by atoms with Crippen LogP contribution in [0, 0.1) is 10.8 Å². The Morgan fingerprint density at radius 2 is 0.750 bits per heavy atom. The quantitative estimate of drug-likeness (QED) is 0.215. The molecule has 0 aliphatic carbocycles. The molecule has 0 unspecified atom stereocenters. The lowest BCUT2D eigenvalue weighted by atomic mass is 9.88. The maximum absolute atomic E-state index is 3.61. The number of hydrogen-bond acceptors (Lipinski definition) is 0. The van der Waals surface area contributed by atoms with Crippen molar-refractivity contribution in [3.8, 4) is 0 Å². The molecule has 0 aromatic carbocycles. The monoisotopic (exact) mass is 410 g/mol. The molecule has 0 nitrogen and oxygen atoms in total. The molecule has 0 atom stereocenters. The van der Waals surface area contributed by atoms with E-state index < -0.39 is 0 Å². The van der Waals surface area contributed by atoms with E-state index in [1.54, 1.807) is 0 Å². The zero-order valence-electron chi connectivity index (χ0n) is 14.2. The average Bonchev–Trinajstić information content (AvgIpc) is 2.41.